The second-order valence-corrected chi connectivity index (χ2v) is 3.24. The molecule has 1 rings (SSSR count). The molecule has 17 heavy (non-hydrogen) atoms. The van der Waals surface area contributed by atoms with Crippen LogP contribution >= 0.6 is 0 Å². The van der Waals surface area contributed by atoms with E-state index in [4.69, 9.17) is 5.11 Å². The molecule has 94 valence electrons. The fourth-order valence-electron chi connectivity index (χ4n) is 1.11. The van der Waals surface area contributed by atoms with Crippen molar-refractivity contribution in [1.82, 2.24) is 0 Å². The van der Waals surface area contributed by atoms with Crippen molar-refractivity contribution in [2.75, 3.05) is 6.61 Å². The van der Waals surface area contributed by atoms with Gasteiger partial charge >= 0.3 is 12.1 Å². The highest BCUT2D eigenvalue weighted by Crippen LogP contribution is 2.22. The van der Waals surface area contributed by atoms with E-state index in [9.17, 15) is 22.4 Å². The van der Waals surface area contributed by atoms with Crippen LogP contribution in [0, 0.1) is 5.82 Å². The maximum absolute atomic E-state index is 13.2. The Labute approximate surface area is 93.6 Å². The number of hydrogen-bond acceptors (Lipinski definition) is 2. The summed E-state index contributed by atoms with van der Waals surface area (Å²) in [7, 11) is 0. The molecule has 1 aromatic carbocycles. The van der Waals surface area contributed by atoms with E-state index in [0.717, 1.165) is 12.1 Å². The van der Waals surface area contributed by atoms with Crippen LogP contribution in [0.15, 0.2) is 18.2 Å². The second-order valence-electron chi connectivity index (χ2n) is 3.24. The number of aliphatic carboxylic acids is 1. The van der Waals surface area contributed by atoms with Gasteiger partial charge in [0.15, 0.2) is 18.2 Å². The van der Waals surface area contributed by atoms with Crippen molar-refractivity contribution < 1.29 is 32.2 Å². The second kappa shape index (κ2) is 5.03. The lowest BCUT2D eigenvalue weighted by Gasteiger charge is -2.10. The van der Waals surface area contributed by atoms with Gasteiger partial charge in [-0.2, -0.15) is 13.2 Å². The first kappa shape index (κ1) is 13.3. The molecule has 0 heterocycles. The van der Waals surface area contributed by atoms with Crippen LogP contribution < -0.4 is 4.74 Å². The summed E-state index contributed by atoms with van der Waals surface area (Å²) in [5.74, 6) is -2.74. The molecule has 0 saturated heterocycles. The van der Waals surface area contributed by atoms with Gasteiger partial charge in [-0.15, -0.1) is 0 Å². The van der Waals surface area contributed by atoms with E-state index < -0.39 is 36.7 Å². The van der Waals surface area contributed by atoms with E-state index in [1.807, 2.05) is 0 Å². The van der Waals surface area contributed by atoms with Crippen molar-refractivity contribution in [3.05, 3.63) is 29.6 Å². The zero-order chi connectivity index (χ0) is 13.1. The largest absolute Gasteiger partial charge is 0.481 e. The highest BCUT2D eigenvalue weighted by Gasteiger charge is 2.28. The fourth-order valence-corrected chi connectivity index (χ4v) is 1.11. The van der Waals surface area contributed by atoms with Crippen LogP contribution in [0.4, 0.5) is 17.6 Å². The number of alkyl halides is 3. The number of carboxylic acid groups (broad SMARTS) is 1. The predicted octanol–water partition coefficient (Wildman–Crippen LogP) is 2.39. The summed E-state index contributed by atoms with van der Waals surface area (Å²) in [6.45, 7) is -1.60. The molecule has 0 amide bonds. The topological polar surface area (TPSA) is 46.5 Å². The van der Waals surface area contributed by atoms with Gasteiger partial charge < -0.3 is 9.84 Å². The number of hydrogen-bond donors (Lipinski definition) is 1. The monoisotopic (exact) mass is 252 g/mol. The van der Waals surface area contributed by atoms with Gasteiger partial charge in [0.1, 0.15) is 0 Å². The lowest BCUT2D eigenvalue weighted by molar-refractivity contribution is -0.153. The Bertz CT molecular complexity index is 415. The summed E-state index contributed by atoms with van der Waals surface area (Å²) in [4.78, 5) is 10.3. The maximum atomic E-state index is 13.2. The number of carbonyl (C=O) groups is 1. The van der Waals surface area contributed by atoms with E-state index in [1.165, 1.54) is 6.07 Å². The molecule has 0 saturated carbocycles. The number of carboxylic acids is 1. The molecule has 0 aliphatic rings. The van der Waals surface area contributed by atoms with Crippen LogP contribution in [0.2, 0.25) is 0 Å². The molecular weight excluding hydrogens is 244 g/mol. The van der Waals surface area contributed by atoms with Gasteiger partial charge in [-0.25, -0.2) is 4.39 Å². The molecular formula is C10H8F4O3. The third kappa shape index (κ3) is 4.71. The smallest absolute Gasteiger partial charge is 0.422 e. The Hall–Kier alpha value is -1.79. The van der Waals surface area contributed by atoms with E-state index in [2.05, 4.69) is 4.74 Å². The quantitative estimate of drug-likeness (QED) is 0.837. The Morgan fingerprint density at radius 1 is 1.35 bits per heavy atom. The van der Waals surface area contributed by atoms with E-state index in [0.29, 0.717) is 0 Å². The van der Waals surface area contributed by atoms with Crippen LogP contribution in [-0.4, -0.2) is 23.9 Å². The van der Waals surface area contributed by atoms with Crippen molar-refractivity contribution in [3.8, 4) is 5.75 Å². The van der Waals surface area contributed by atoms with Gasteiger partial charge in [0.2, 0.25) is 0 Å². The average Bonchev–Trinajstić information content (AvgIpc) is 2.13. The zero-order valence-electron chi connectivity index (χ0n) is 8.42. The molecule has 0 radical (unpaired) electrons. The Morgan fingerprint density at radius 2 is 2.00 bits per heavy atom. The molecule has 7 heteroatoms. The third-order valence-electron chi connectivity index (χ3n) is 1.74. The Balaban J connectivity index is 2.73. The summed E-state index contributed by atoms with van der Waals surface area (Å²) in [6, 6.07) is 3.00. The molecule has 3 nitrogen and oxygen atoms in total. The van der Waals surface area contributed by atoms with E-state index >= 15 is 0 Å². The van der Waals surface area contributed by atoms with Gasteiger partial charge in [0, 0.05) is 0 Å². The molecule has 0 aliphatic carbocycles. The summed E-state index contributed by atoms with van der Waals surface area (Å²) in [6.07, 6.45) is -4.96. The SMILES string of the molecule is O=C(O)Cc1ccc(OCC(F)(F)F)c(F)c1. The maximum Gasteiger partial charge on any atom is 0.422 e. The summed E-state index contributed by atoms with van der Waals surface area (Å²) in [5.41, 5.74) is 0.148. The van der Waals surface area contributed by atoms with Crippen LogP contribution in [0.5, 0.6) is 5.75 Å². The summed E-state index contributed by atoms with van der Waals surface area (Å²) in [5, 5.41) is 8.43. The number of halogens is 4. The molecule has 1 aromatic rings. The van der Waals surface area contributed by atoms with Crippen LogP contribution in [0.3, 0.4) is 0 Å². The molecule has 0 aliphatic heterocycles. The van der Waals surface area contributed by atoms with Gasteiger partial charge in [-0.05, 0) is 17.7 Å². The molecule has 0 unspecified atom stereocenters. The molecule has 0 atom stereocenters. The van der Waals surface area contributed by atoms with Crippen molar-refractivity contribution in [3.63, 3.8) is 0 Å². The predicted molar refractivity (Wildman–Crippen MR) is 49.3 cm³/mol. The number of rotatable bonds is 4. The third-order valence-corrected chi connectivity index (χ3v) is 1.74. The van der Waals surface area contributed by atoms with Gasteiger partial charge in [0.25, 0.3) is 0 Å². The normalized spacial score (nSPS) is 11.3. The van der Waals surface area contributed by atoms with Crippen LogP contribution in [-0.2, 0) is 11.2 Å². The minimum atomic E-state index is -4.55. The minimum absolute atomic E-state index is 0.148. The fraction of sp³-hybridized carbons (Fsp3) is 0.300. The van der Waals surface area contributed by atoms with Crippen LogP contribution in [0.25, 0.3) is 0 Å². The zero-order valence-corrected chi connectivity index (χ0v) is 8.42. The number of ether oxygens (including phenoxy) is 1. The average molecular weight is 252 g/mol. The standard InChI is InChI=1S/C10H8F4O3/c11-7-3-6(4-9(15)16)1-2-8(7)17-5-10(12,13)14/h1-3H,4-5H2,(H,15,16). The number of benzene rings is 1. The van der Waals surface area contributed by atoms with Crippen molar-refractivity contribution >= 4 is 5.97 Å². The Kier molecular flexibility index (Phi) is 3.93. The van der Waals surface area contributed by atoms with E-state index in [1.54, 1.807) is 0 Å². The molecule has 0 fully saturated rings. The first-order valence-electron chi connectivity index (χ1n) is 4.48. The van der Waals surface area contributed by atoms with Gasteiger partial charge in [-0.3, -0.25) is 4.79 Å². The van der Waals surface area contributed by atoms with Crippen molar-refractivity contribution in [2.45, 2.75) is 12.6 Å². The minimum Gasteiger partial charge on any atom is -0.481 e. The van der Waals surface area contributed by atoms with Gasteiger partial charge in [-0.1, -0.05) is 6.07 Å². The molecule has 0 aromatic heterocycles. The molecule has 1 N–H and O–H groups in total. The molecule has 0 spiro atoms. The van der Waals surface area contributed by atoms with Crippen LogP contribution in [0.1, 0.15) is 5.56 Å². The Morgan fingerprint density at radius 3 is 2.47 bits per heavy atom. The van der Waals surface area contributed by atoms with Crippen molar-refractivity contribution in [1.29, 1.82) is 0 Å². The van der Waals surface area contributed by atoms with Gasteiger partial charge in [0.05, 0.1) is 6.42 Å². The van der Waals surface area contributed by atoms with E-state index in [-0.39, 0.29) is 5.56 Å². The lowest BCUT2D eigenvalue weighted by atomic mass is 10.1. The summed E-state index contributed by atoms with van der Waals surface area (Å²) >= 11 is 0. The molecule has 0 bridgehead atoms. The highest BCUT2D eigenvalue weighted by molar-refractivity contribution is 5.70. The lowest BCUT2D eigenvalue weighted by Crippen LogP contribution is -2.19. The summed E-state index contributed by atoms with van der Waals surface area (Å²) < 4.78 is 52.8. The first-order chi connectivity index (χ1) is 7.78. The highest BCUT2D eigenvalue weighted by atomic mass is 19.4. The first-order valence-corrected chi connectivity index (χ1v) is 4.48. The van der Waals surface area contributed by atoms with Crippen molar-refractivity contribution in [2.24, 2.45) is 0 Å².